The van der Waals surface area contributed by atoms with E-state index in [0.29, 0.717) is 36.6 Å². The van der Waals surface area contributed by atoms with Crippen molar-refractivity contribution in [3.05, 3.63) is 58.6 Å². The summed E-state index contributed by atoms with van der Waals surface area (Å²) in [5.41, 5.74) is 2.04. The Morgan fingerprint density at radius 1 is 1.21 bits per heavy atom. The number of carbonyl (C=O) groups excluding carboxylic acids is 2. The summed E-state index contributed by atoms with van der Waals surface area (Å²) >= 11 is 0. The Morgan fingerprint density at radius 3 is 2.59 bits per heavy atom. The number of carbonyl (C=O) groups is 2. The van der Waals surface area contributed by atoms with Gasteiger partial charge in [0.05, 0.1) is 18.9 Å². The molecule has 1 N–H and O–H groups in total. The number of amides is 1. The summed E-state index contributed by atoms with van der Waals surface area (Å²) < 4.78 is 15.9. The van der Waals surface area contributed by atoms with Crippen LogP contribution >= 0.6 is 0 Å². The van der Waals surface area contributed by atoms with Crippen molar-refractivity contribution in [1.82, 2.24) is 4.90 Å². The number of methoxy groups -OCH3 is 2. The number of likely N-dealkylation sites (tertiary alicyclic amines) is 1. The SMILES string of the molecule is COCCCN1C(=O)C(=O)/C(=C(\O)c2cc(C)c(OC)cc2C)C1c1ccco1. The van der Waals surface area contributed by atoms with Gasteiger partial charge in [0, 0.05) is 25.8 Å². The van der Waals surface area contributed by atoms with Crippen LogP contribution in [0.1, 0.15) is 34.9 Å². The van der Waals surface area contributed by atoms with Crippen LogP contribution in [-0.4, -0.2) is 49.1 Å². The molecule has 154 valence electrons. The van der Waals surface area contributed by atoms with Crippen LogP contribution < -0.4 is 4.74 Å². The highest BCUT2D eigenvalue weighted by molar-refractivity contribution is 6.46. The Balaban J connectivity index is 2.13. The molecule has 1 aliphatic rings. The summed E-state index contributed by atoms with van der Waals surface area (Å²) in [5.74, 6) is -0.504. The molecule has 0 aliphatic carbocycles. The Labute approximate surface area is 169 Å². The highest BCUT2D eigenvalue weighted by Crippen LogP contribution is 2.40. The molecule has 1 saturated heterocycles. The Bertz CT molecular complexity index is 944. The lowest BCUT2D eigenvalue weighted by molar-refractivity contribution is -0.140. The second kappa shape index (κ2) is 8.53. The van der Waals surface area contributed by atoms with E-state index < -0.39 is 17.7 Å². The van der Waals surface area contributed by atoms with Crippen molar-refractivity contribution in [2.45, 2.75) is 26.3 Å². The van der Waals surface area contributed by atoms with Gasteiger partial charge in [0.15, 0.2) is 0 Å². The summed E-state index contributed by atoms with van der Waals surface area (Å²) in [6.07, 6.45) is 2.04. The van der Waals surface area contributed by atoms with Gasteiger partial charge in [-0.2, -0.15) is 0 Å². The predicted molar refractivity (Wildman–Crippen MR) is 107 cm³/mol. The van der Waals surface area contributed by atoms with Crippen molar-refractivity contribution in [1.29, 1.82) is 0 Å². The van der Waals surface area contributed by atoms with E-state index in [9.17, 15) is 14.7 Å². The minimum atomic E-state index is -0.788. The van der Waals surface area contributed by atoms with Crippen LogP contribution in [0.4, 0.5) is 0 Å². The highest BCUT2D eigenvalue weighted by Gasteiger charge is 2.47. The van der Waals surface area contributed by atoms with Crippen molar-refractivity contribution < 1.29 is 28.6 Å². The van der Waals surface area contributed by atoms with Crippen LogP contribution in [0.15, 0.2) is 40.5 Å². The van der Waals surface area contributed by atoms with Crippen molar-refractivity contribution in [2.24, 2.45) is 0 Å². The zero-order valence-electron chi connectivity index (χ0n) is 17.0. The monoisotopic (exact) mass is 399 g/mol. The fourth-order valence-electron chi connectivity index (χ4n) is 3.64. The van der Waals surface area contributed by atoms with Gasteiger partial charge in [-0.3, -0.25) is 9.59 Å². The first-order chi connectivity index (χ1) is 13.9. The summed E-state index contributed by atoms with van der Waals surface area (Å²) in [6, 6.07) is 6.14. The van der Waals surface area contributed by atoms with Gasteiger partial charge >= 0.3 is 0 Å². The molecule has 1 aromatic heterocycles. The molecule has 1 aromatic carbocycles. The van der Waals surface area contributed by atoms with Gasteiger partial charge in [-0.05, 0) is 55.7 Å². The number of aliphatic hydroxyl groups excluding tert-OH is 1. The van der Waals surface area contributed by atoms with Crippen LogP contribution in [-0.2, 0) is 14.3 Å². The molecule has 1 unspecified atom stereocenters. The molecule has 1 atom stereocenters. The maximum absolute atomic E-state index is 12.9. The molecule has 0 bridgehead atoms. The topological polar surface area (TPSA) is 89.2 Å². The number of aliphatic hydroxyl groups is 1. The van der Waals surface area contributed by atoms with Crippen LogP contribution in [0.5, 0.6) is 5.75 Å². The van der Waals surface area contributed by atoms with Crippen LogP contribution in [0.25, 0.3) is 5.76 Å². The lowest BCUT2D eigenvalue weighted by atomic mass is 9.95. The highest BCUT2D eigenvalue weighted by atomic mass is 16.5. The van der Waals surface area contributed by atoms with Gasteiger partial charge in [-0.15, -0.1) is 0 Å². The van der Waals surface area contributed by atoms with Crippen molar-refractivity contribution in [3.63, 3.8) is 0 Å². The largest absolute Gasteiger partial charge is 0.507 e. The third-order valence-corrected chi connectivity index (χ3v) is 5.10. The summed E-state index contributed by atoms with van der Waals surface area (Å²) in [4.78, 5) is 27.0. The number of rotatable bonds is 7. The molecule has 29 heavy (non-hydrogen) atoms. The fourth-order valence-corrected chi connectivity index (χ4v) is 3.64. The summed E-state index contributed by atoms with van der Waals surface area (Å²) in [6.45, 7) is 4.42. The molecule has 0 saturated carbocycles. The number of hydrogen-bond acceptors (Lipinski definition) is 6. The van der Waals surface area contributed by atoms with E-state index >= 15 is 0 Å². The standard InChI is InChI=1S/C22H25NO6/c1-13-12-17(28-4)14(2)11-15(13)20(24)18-19(16-7-5-10-29-16)23(8-6-9-27-3)22(26)21(18)25/h5,7,10-12,19,24H,6,8-9H2,1-4H3/b20-18-. The van der Waals surface area contributed by atoms with Crippen LogP contribution in [0.2, 0.25) is 0 Å². The quantitative estimate of drug-likeness (QED) is 0.332. The van der Waals surface area contributed by atoms with E-state index in [1.54, 1.807) is 38.5 Å². The first kappa shape index (κ1) is 20.7. The van der Waals surface area contributed by atoms with Gasteiger partial charge in [0.1, 0.15) is 23.3 Å². The number of nitrogens with zero attached hydrogens (tertiary/aromatic N) is 1. The van der Waals surface area contributed by atoms with Crippen LogP contribution in [0, 0.1) is 13.8 Å². The molecule has 1 fully saturated rings. The fraction of sp³-hybridized carbons (Fsp3) is 0.364. The molecule has 7 nitrogen and oxygen atoms in total. The van der Waals surface area contributed by atoms with E-state index in [2.05, 4.69) is 0 Å². The minimum Gasteiger partial charge on any atom is -0.507 e. The number of furan rings is 1. The molecule has 2 heterocycles. The normalized spacial score (nSPS) is 18.5. The number of ether oxygens (including phenoxy) is 2. The van der Waals surface area contributed by atoms with Crippen molar-refractivity contribution >= 4 is 17.4 Å². The van der Waals surface area contributed by atoms with Crippen molar-refractivity contribution in [2.75, 3.05) is 27.4 Å². The summed E-state index contributed by atoms with van der Waals surface area (Å²) in [5, 5.41) is 11.1. The predicted octanol–water partition coefficient (Wildman–Crippen LogP) is 3.36. The number of Topliss-reactive ketones (excluding diaryl/α,β-unsaturated/α-hetero) is 1. The number of benzene rings is 1. The molecule has 0 radical (unpaired) electrons. The summed E-state index contributed by atoms with van der Waals surface area (Å²) in [7, 11) is 3.15. The third-order valence-electron chi connectivity index (χ3n) is 5.10. The lowest BCUT2D eigenvalue weighted by Crippen LogP contribution is -2.31. The van der Waals surface area contributed by atoms with E-state index in [0.717, 1.165) is 11.1 Å². The maximum Gasteiger partial charge on any atom is 0.295 e. The molecular weight excluding hydrogens is 374 g/mol. The second-order valence-electron chi connectivity index (χ2n) is 6.99. The zero-order valence-corrected chi connectivity index (χ0v) is 17.0. The Hall–Kier alpha value is -3.06. The molecule has 2 aromatic rings. The second-order valence-corrected chi connectivity index (χ2v) is 6.99. The van der Waals surface area contributed by atoms with Crippen molar-refractivity contribution in [3.8, 4) is 5.75 Å². The number of aryl methyl sites for hydroxylation is 2. The van der Waals surface area contributed by atoms with Crippen LogP contribution in [0.3, 0.4) is 0 Å². The molecule has 0 spiro atoms. The third kappa shape index (κ3) is 3.78. The number of hydrogen-bond donors (Lipinski definition) is 1. The maximum atomic E-state index is 12.9. The minimum absolute atomic E-state index is 0.0232. The zero-order chi connectivity index (χ0) is 21.1. The molecule has 7 heteroatoms. The molecular formula is C22H25NO6. The average molecular weight is 399 g/mol. The van der Waals surface area contributed by atoms with E-state index in [-0.39, 0.29) is 11.3 Å². The smallest absolute Gasteiger partial charge is 0.295 e. The lowest BCUT2D eigenvalue weighted by Gasteiger charge is -2.23. The Morgan fingerprint density at radius 2 is 1.97 bits per heavy atom. The van der Waals surface area contributed by atoms with E-state index in [1.165, 1.54) is 11.2 Å². The first-order valence-corrected chi connectivity index (χ1v) is 9.37. The van der Waals surface area contributed by atoms with E-state index in [4.69, 9.17) is 13.9 Å². The van der Waals surface area contributed by atoms with Gasteiger partial charge < -0.3 is 23.9 Å². The van der Waals surface area contributed by atoms with Gasteiger partial charge in [-0.25, -0.2) is 0 Å². The molecule has 1 amide bonds. The Kier molecular flexibility index (Phi) is 6.08. The molecule has 3 rings (SSSR count). The molecule has 1 aliphatic heterocycles. The first-order valence-electron chi connectivity index (χ1n) is 9.37. The van der Waals surface area contributed by atoms with Gasteiger partial charge in [-0.1, -0.05) is 0 Å². The average Bonchev–Trinajstić information content (AvgIpc) is 3.31. The van der Waals surface area contributed by atoms with Gasteiger partial charge in [0.2, 0.25) is 0 Å². The number of ketones is 1. The van der Waals surface area contributed by atoms with E-state index in [1.807, 2.05) is 13.8 Å². The van der Waals surface area contributed by atoms with Gasteiger partial charge in [0.25, 0.3) is 11.7 Å².